The lowest BCUT2D eigenvalue weighted by Gasteiger charge is -2.19. The number of carbonyl (C=O) groups excluding carboxylic acids is 1. The Bertz CT molecular complexity index is 373. The molecule has 1 unspecified atom stereocenters. The van der Waals surface area contributed by atoms with E-state index in [1.54, 1.807) is 24.3 Å². The predicted octanol–water partition coefficient (Wildman–Crippen LogP) is 3.09. The van der Waals surface area contributed by atoms with Crippen LogP contribution in [0.5, 0.6) is 0 Å². The van der Waals surface area contributed by atoms with Crippen molar-refractivity contribution in [1.82, 2.24) is 0 Å². The Labute approximate surface area is 102 Å². The largest absolute Gasteiger partial charge is 0.456 e. The molecule has 0 heterocycles. The molecule has 3 nitrogen and oxygen atoms in total. The topological polar surface area (TPSA) is 46.5 Å². The summed E-state index contributed by atoms with van der Waals surface area (Å²) < 4.78 is 5.25. The second-order valence-corrected chi connectivity index (χ2v) is 5.05. The van der Waals surface area contributed by atoms with Crippen LogP contribution in [0.1, 0.15) is 56.1 Å². The van der Waals surface area contributed by atoms with E-state index in [0.29, 0.717) is 12.0 Å². The number of carbonyl (C=O) groups is 1. The average molecular weight is 236 g/mol. The number of ether oxygens (including phenoxy) is 1. The third-order valence-electron chi connectivity index (χ3n) is 2.32. The van der Waals surface area contributed by atoms with E-state index in [1.807, 2.05) is 27.7 Å². The Kier molecular flexibility index (Phi) is 4.29. The van der Waals surface area contributed by atoms with Crippen molar-refractivity contribution in [1.29, 1.82) is 0 Å². The first-order valence-electron chi connectivity index (χ1n) is 5.85. The van der Waals surface area contributed by atoms with Crippen LogP contribution in [0.15, 0.2) is 24.3 Å². The van der Waals surface area contributed by atoms with Crippen LogP contribution < -0.4 is 0 Å². The molecule has 1 N–H and O–H groups in total. The SMILES string of the molecule is CCC(O)c1ccc(C(=O)OC(C)(C)C)cc1. The van der Waals surface area contributed by atoms with E-state index in [2.05, 4.69) is 0 Å². The van der Waals surface area contributed by atoms with Crippen LogP contribution in [-0.2, 0) is 4.74 Å². The van der Waals surface area contributed by atoms with Crippen molar-refractivity contribution in [2.24, 2.45) is 0 Å². The lowest BCUT2D eigenvalue weighted by molar-refractivity contribution is 0.00694. The first-order chi connectivity index (χ1) is 7.83. The second-order valence-electron chi connectivity index (χ2n) is 5.05. The van der Waals surface area contributed by atoms with Gasteiger partial charge in [-0.15, -0.1) is 0 Å². The van der Waals surface area contributed by atoms with E-state index in [0.717, 1.165) is 5.56 Å². The quantitative estimate of drug-likeness (QED) is 0.820. The zero-order chi connectivity index (χ0) is 13.1. The van der Waals surface area contributed by atoms with Crippen LogP contribution in [0.2, 0.25) is 0 Å². The number of esters is 1. The van der Waals surface area contributed by atoms with Crippen molar-refractivity contribution < 1.29 is 14.6 Å². The van der Waals surface area contributed by atoms with Gasteiger partial charge in [0.2, 0.25) is 0 Å². The van der Waals surface area contributed by atoms with Gasteiger partial charge in [0.1, 0.15) is 5.60 Å². The van der Waals surface area contributed by atoms with Crippen LogP contribution in [0, 0.1) is 0 Å². The Morgan fingerprint density at radius 3 is 2.24 bits per heavy atom. The van der Waals surface area contributed by atoms with E-state index in [1.165, 1.54) is 0 Å². The van der Waals surface area contributed by atoms with Gasteiger partial charge in [0, 0.05) is 0 Å². The minimum absolute atomic E-state index is 0.338. The summed E-state index contributed by atoms with van der Waals surface area (Å²) in [5.74, 6) is -0.338. The van der Waals surface area contributed by atoms with Gasteiger partial charge in [0.15, 0.2) is 0 Å². The normalized spacial score (nSPS) is 13.2. The highest BCUT2D eigenvalue weighted by molar-refractivity contribution is 5.89. The minimum Gasteiger partial charge on any atom is -0.456 e. The van der Waals surface area contributed by atoms with Gasteiger partial charge < -0.3 is 9.84 Å². The fraction of sp³-hybridized carbons (Fsp3) is 0.500. The molecule has 17 heavy (non-hydrogen) atoms. The minimum atomic E-state index is -0.487. The second kappa shape index (κ2) is 5.32. The number of hydrogen-bond donors (Lipinski definition) is 1. The van der Waals surface area contributed by atoms with E-state index in [-0.39, 0.29) is 5.97 Å². The van der Waals surface area contributed by atoms with Crippen LogP contribution in [0.3, 0.4) is 0 Å². The molecule has 0 aromatic heterocycles. The summed E-state index contributed by atoms with van der Waals surface area (Å²) >= 11 is 0. The van der Waals surface area contributed by atoms with Crippen LogP contribution in [-0.4, -0.2) is 16.7 Å². The molecule has 1 aromatic carbocycles. The van der Waals surface area contributed by atoms with Gasteiger partial charge in [-0.1, -0.05) is 19.1 Å². The number of aliphatic hydroxyl groups excluding tert-OH is 1. The van der Waals surface area contributed by atoms with E-state index in [9.17, 15) is 9.90 Å². The standard InChI is InChI=1S/C14H20O3/c1-5-12(15)10-6-8-11(9-7-10)13(16)17-14(2,3)4/h6-9,12,15H,5H2,1-4H3. The third kappa shape index (κ3) is 4.19. The number of benzene rings is 1. The fourth-order valence-corrected chi connectivity index (χ4v) is 1.41. The first-order valence-corrected chi connectivity index (χ1v) is 5.85. The smallest absolute Gasteiger partial charge is 0.338 e. The molecule has 1 atom stereocenters. The molecule has 3 heteroatoms. The van der Waals surface area contributed by atoms with Crippen molar-refractivity contribution in [3.8, 4) is 0 Å². The Morgan fingerprint density at radius 2 is 1.82 bits per heavy atom. The van der Waals surface area contributed by atoms with Crippen molar-refractivity contribution in [2.75, 3.05) is 0 Å². The molecule has 0 aliphatic heterocycles. The zero-order valence-corrected chi connectivity index (χ0v) is 10.9. The molecule has 1 rings (SSSR count). The Hall–Kier alpha value is -1.35. The van der Waals surface area contributed by atoms with Crippen LogP contribution in [0.25, 0.3) is 0 Å². The van der Waals surface area contributed by atoms with Gasteiger partial charge in [0.05, 0.1) is 11.7 Å². The molecule has 0 aliphatic rings. The number of rotatable bonds is 3. The van der Waals surface area contributed by atoms with Gasteiger partial charge in [-0.05, 0) is 44.9 Å². The molecule has 0 fully saturated rings. The first kappa shape index (κ1) is 13.7. The highest BCUT2D eigenvalue weighted by atomic mass is 16.6. The summed E-state index contributed by atoms with van der Waals surface area (Å²) in [6.07, 6.45) is 0.189. The van der Waals surface area contributed by atoms with Crippen molar-refractivity contribution >= 4 is 5.97 Å². The third-order valence-corrected chi connectivity index (χ3v) is 2.32. The molecular formula is C14H20O3. The lowest BCUT2D eigenvalue weighted by Crippen LogP contribution is -2.23. The van der Waals surface area contributed by atoms with Crippen LogP contribution in [0.4, 0.5) is 0 Å². The van der Waals surface area contributed by atoms with Crippen molar-refractivity contribution in [3.05, 3.63) is 35.4 Å². The maximum absolute atomic E-state index is 11.7. The molecule has 0 saturated heterocycles. The van der Waals surface area contributed by atoms with Crippen molar-refractivity contribution in [3.63, 3.8) is 0 Å². The number of hydrogen-bond acceptors (Lipinski definition) is 3. The number of aliphatic hydroxyl groups is 1. The highest BCUT2D eigenvalue weighted by Gasteiger charge is 2.17. The maximum Gasteiger partial charge on any atom is 0.338 e. The summed E-state index contributed by atoms with van der Waals surface area (Å²) in [5.41, 5.74) is 0.838. The summed E-state index contributed by atoms with van der Waals surface area (Å²) in [6.45, 7) is 7.41. The zero-order valence-electron chi connectivity index (χ0n) is 10.9. The van der Waals surface area contributed by atoms with Gasteiger partial charge in [-0.25, -0.2) is 4.79 Å². The van der Waals surface area contributed by atoms with E-state index >= 15 is 0 Å². The van der Waals surface area contributed by atoms with E-state index in [4.69, 9.17) is 4.74 Å². The van der Waals surface area contributed by atoms with Crippen molar-refractivity contribution in [2.45, 2.75) is 45.8 Å². The molecule has 0 bridgehead atoms. The average Bonchev–Trinajstić information content (AvgIpc) is 2.26. The summed E-state index contributed by atoms with van der Waals surface area (Å²) in [4.78, 5) is 11.7. The molecule has 0 saturated carbocycles. The van der Waals surface area contributed by atoms with Crippen LogP contribution >= 0.6 is 0 Å². The lowest BCUT2D eigenvalue weighted by atomic mass is 10.1. The van der Waals surface area contributed by atoms with Gasteiger partial charge in [-0.3, -0.25) is 0 Å². The Balaban J connectivity index is 2.77. The highest BCUT2D eigenvalue weighted by Crippen LogP contribution is 2.18. The van der Waals surface area contributed by atoms with Gasteiger partial charge in [-0.2, -0.15) is 0 Å². The fourth-order valence-electron chi connectivity index (χ4n) is 1.41. The summed E-state index contributed by atoms with van der Waals surface area (Å²) in [7, 11) is 0. The molecule has 94 valence electrons. The molecular weight excluding hydrogens is 216 g/mol. The molecule has 0 aliphatic carbocycles. The molecule has 0 spiro atoms. The maximum atomic E-state index is 11.7. The van der Waals surface area contributed by atoms with Gasteiger partial charge in [0.25, 0.3) is 0 Å². The molecule has 1 aromatic rings. The van der Waals surface area contributed by atoms with E-state index < -0.39 is 11.7 Å². The predicted molar refractivity (Wildman–Crippen MR) is 66.9 cm³/mol. The summed E-state index contributed by atoms with van der Waals surface area (Å²) in [5, 5.41) is 9.63. The Morgan fingerprint density at radius 1 is 1.29 bits per heavy atom. The monoisotopic (exact) mass is 236 g/mol. The molecule has 0 radical (unpaired) electrons. The van der Waals surface area contributed by atoms with Gasteiger partial charge >= 0.3 is 5.97 Å². The summed E-state index contributed by atoms with van der Waals surface area (Å²) in [6, 6.07) is 6.88. The molecule has 0 amide bonds.